The third kappa shape index (κ3) is 7.65. The lowest BCUT2D eigenvalue weighted by Gasteiger charge is -2.09. The zero-order chi connectivity index (χ0) is 15.5. The second kappa shape index (κ2) is 10.1. The van der Waals surface area contributed by atoms with E-state index in [1.807, 2.05) is 6.92 Å². The topological polar surface area (TPSA) is 85.2 Å². The molecule has 1 unspecified atom stereocenters. The molecular weight excluding hydrogens is 276 g/mol. The van der Waals surface area contributed by atoms with Gasteiger partial charge in [-0.1, -0.05) is 12.1 Å². The smallest absolute Gasteiger partial charge is 0.332 e. The van der Waals surface area contributed by atoms with Crippen LogP contribution in [-0.2, 0) is 20.7 Å². The minimum absolute atomic E-state index is 0.0795. The normalized spacial score (nSPS) is 12.1. The van der Waals surface area contributed by atoms with E-state index in [2.05, 4.69) is 0 Å². The fourth-order valence-electron chi connectivity index (χ4n) is 1.62. The number of benzene rings is 1. The molecule has 0 saturated carbocycles. The summed E-state index contributed by atoms with van der Waals surface area (Å²) in [5.74, 6) is -0.545. The summed E-state index contributed by atoms with van der Waals surface area (Å²) in [6.07, 6.45) is -1.30. The summed E-state index contributed by atoms with van der Waals surface area (Å²) in [5.41, 5.74) is 0.741. The molecule has 0 aliphatic rings. The highest BCUT2D eigenvalue weighted by molar-refractivity contribution is 5.72. The summed E-state index contributed by atoms with van der Waals surface area (Å²) in [6, 6.07) is 6.95. The van der Waals surface area contributed by atoms with E-state index in [1.54, 1.807) is 24.3 Å². The molecule has 0 amide bonds. The van der Waals surface area contributed by atoms with Crippen LogP contribution in [0.4, 0.5) is 0 Å². The van der Waals surface area contributed by atoms with Crippen molar-refractivity contribution in [2.45, 2.75) is 19.4 Å². The Morgan fingerprint density at radius 3 is 2.33 bits per heavy atom. The number of hydrogen-bond acceptors (Lipinski definition) is 5. The average molecular weight is 298 g/mol. The Kier molecular flexibility index (Phi) is 8.42. The molecule has 0 bridgehead atoms. The van der Waals surface area contributed by atoms with Gasteiger partial charge < -0.3 is 24.4 Å². The van der Waals surface area contributed by atoms with Gasteiger partial charge in [0.15, 0.2) is 6.10 Å². The van der Waals surface area contributed by atoms with Gasteiger partial charge in [-0.25, -0.2) is 4.79 Å². The molecule has 0 aromatic heterocycles. The maximum Gasteiger partial charge on any atom is 0.332 e. The van der Waals surface area contributed by atoms with Gasteiger partial charge in [0, 0.05) is 13.0 Å². The van der Waals surface area contributed by atoms with E-state index >= 15 is 0 Å². The Morgan fingerprint density at radius 2 is 1.71 bits per heavy atom. The monoisotopic (exact) mass is 298 g/mol. The zero-order valence-corrected chi connectivity index (χ0v) is 12.2. The summed E-state index contributed by atoms with van der Waals surface area (Å²) >= 11 is 0. The predicted molar refractivity (Wildman–Crippen MR) is 76.6 cm³/mol. The first-order valence-corrected chi connectivity index (χ1v) is 6.91. The van der Waals surface area contributed by atoms with Gasteiger partial charge in [-0.05, 0) is 24.6 Å². The second-order valence-corrected chi connectivity index (χ2v) is 4.36. The van der Waals surface area contributed by atoms with E-state index in [-0.39, 0.29) is 6.42 Å². The van der Waals surface area contributed by atoms with Crippen LogP contribution < -0.4 is 4.74 Å². The van der Waals surface area contributed by atoms with Gasteiger partial charge in [-0.15, -0.1) is 0 Å². The third-order valence-electron chi connectivity index (χ3n) is 2.71. The second-order valence-electron chi connectivity index (χ2n) is 4.36. The standard InChI is InChI=1S/C15H22O6/c1-2-19-7-8-20-9-10-21-13-5-3-12(4-6-13)11-14(16)15(17)18/h3-6,14,16H,2,7-11H2,1H3,(H,17,18). The van der Waals surface area contributed by atoms with Crippen LogP contribution >= 0.6 is 0 Å². The molecule has 6 nitrogen and oxygen atoms in total. The highest BCUT2D eigenvalue weighted by Gasteiger charge is 2.13. The van der Waals surface area contributed by atoms with Gasteiger partial charge >= 0.3 is 5.97 Å². The molecule has 1 atom stereocenters. The largest absolute Gasteiger partial charge is 0.491 e. The lowest BCUT2D eigenvalue weighted by Crippen LogP contribution is -2.21. The number of carboxylic acids is 1. The van der Waals surface area contributed by atoms with E-state index in [4.69, 9.17) is 19.3 Å². The van der Waals surface area contributed by atoms with Crippen molar-refractivity contribution < 1.29 is 29.2 Å². The molecule has 118 valence electrons. The maximum absolute atomic E-state index is 10.5. The number of aliphatic carboxylic acids is 1. The van der Waals surface area contributed by atoms with E-state index in [9.17, 15) is 9.90 Å². The van der Waals surface area contributed by atoms with Gasteiger partial charge in [0.25, 0.3) is 0 Å². The molecule has 0 aliphatic carbocycles. The minimum Gasteiger partial charge on any atom is -0.491 e. The van der Waals surface area contributed by atoms with Crippen molar-refractivity contribution in [3.8, 4) is 5.75 Å². The highest BCUT2D eigenvalue weighted by atomic mass is 16.5. The van der Waals surface area contributed by atoms with E-state index in [0.717, 1.165) is 5.56 Å². The van der Waals surface area contributed by atoms with Gasteiger partial charge in [-0.2, -0.15) is 0 Å². The lowest BCUT2D eigenvalue weighted by molar-refractivity contribution is -0.146. The van der Waals surface area contributed by atoms with Crippen LogP contribution in [0.2, 0.25) is 0 Å². The summed E-state index contributed by atoms with van der Waals surface area (Å²) in [4.78, 5) is 10.5. The molecule has 1 aromatic rings. The lowest BCUT2D eigenvalue weighted by atomic mass is 10.1. The summed E-state index contributed by atoms with van der Waals surface area (Å²) in [5, 5.41) is 17.9. The molecular formula is C15H22O6. The molecule has 6 heteroatoms. The molecule has 2 N–H and O–H groups in total. The van der Waals surface area contributed by atoms with Gasteiger partial charge in [0.2, 0.25) is 0 Å². The molecule has 0 saturated heterocycles. The summed E-state index contributed by atoms with van der Waals surface area (Å²) in [6.45, 7) is 4.65. The average Bonchev–Trinajstić information content (AvgIpc) is 2.48. The molecule has 0 spiro atoms. The fourth-order valence-corrected chi connectivity index (χ4v) is 1.62. The molecule has 0 heterocycles. The quantitative estimate of drug-likeness (QED) is 0.595. The number of rotatable bonds is 11. The Labute approximate surface area is 124 Å². The number of aliphatic hydroxyl groups excluding tert-OH is 1. The van der Waals surface area contributed by atoms with Gasteiger partial charge in [-0.3, -0.25) is 0 Å². The zero-order valence-electron chi connectivity index (χ0n) is 12.2. The van der Waals surface area contributed by atoms with Crippen LogP contribution in [0.3, 0.4) is 0 Å². The molecule has 0 aliphatic heterocycles. The first kappa shape index (κ1) is 17.4. The first-order valence-electron chi connectivity index (χ1n) is 6.91. The van der Waals surface area contributed by atoms with Gasteiger partial charge in [0.05, 0.1) is 19.8 Å². The Morgan fingerprint density at radius 1 is 1.10 bits per heavy atom. The molecule has 1 aromatic carbocycles. The molecule has 21 heavy (non-hydrogen) atoms. The Balaban J connectivity index is 2.20. The minimum atomic E-state index is -1.38. The Hall–Kier alpha value is -1.63. The maximum atomic E-state index is 10.5. The number of carbonyl (C=O) groups is 1. The number of ether oxygens (including phenoxy) is 3. The van der Waals surface area contributed by atoms with Crippen LogP contribution in [0.15, 0.2) is 24.3 Å². The highest BCUT2D eigenvalue weighted by Crippen LogP contribution is 2.13. The molecule has 0 radical (unpaired) electrons. The number of hydrogen-bond donors (Lipinski definition) is 2. The van der Waals surface area contributed by atoms with Crippen LogP contribution in [-0.4, -0.2) is 55.3 Å². The van der Waals surface area contributed by atoms with Crippen molar-refractivity contribution in [1.29, 1.82) is 0 Å². The predicted octanol–water partition coefficient (Wildman–Crippen LogP) is 1.11. The SMILES string of the molecule is CCOCCOCCOc1ccc(CC(O)C(=O)O)cc1. The van der Waals surface area contributed by atoms with Crippen molar-refractivity contribution >= 4 is 5.97 Å². The van der Waals surface area contributed by atoms with Crippen molar-refractivity contribution in [1.82, 2.24) is 0 Å². The van der Waals surface area contributed by atoms with E-state index in [1.165, 1.54) is 0 Å². The van der Waals surface area contributed by atoms with Crippen molar-refractivity contribution in [3.63, 3.8) is 0 Å². The number of aliphatic hydroxyl groups is 1. The molecule has 0 fully saturated rings. The van der Waals surface area contributed by atoms with Crippen LogP contribution in [0.25, 0.3) is 0 Å². The van der Waals surface area contributed by atoms with E-state index < -0.39 is 12.1 Å². The molecule has 1 rings (SSSR count). The van der Waals surface area contributed by atoms with Crippen LogP contribution in [0, 0.1) is 0 Å². The van der Waals surface area contributed by atoms with Crippen molar-refractivity contribution in [2.24, 2.45) is 0 Å². The first-order chi connectivity index (χ1) is 10.1. The van der Waals surface area contributed by atoms with Crippen molar-refractivity contribution in [2.75, 3.05) is 33.0 Å². The third-order valence-corrected chi connectivity index (χ3v) is 2.71. The Bertz CT molecular complexity index is 403. The van der Waals surface area contributed by atoms with Gasteiger partial charge in [0.1, 0.15) is 12.4 Å². The summed E-state index contributed by atoms with van der Waals surface area (Å²) < 4.78 is 15.9. The van der Waals surface area contributed by atoms with E-state index in [0.29, 0.717) is 38.8 Å². The van der Waals surface area contributed by atoms with Crippen LogP contribution in [0.1, 0.15) is 12.5 Å². The number of carboxylic acid groups (broad SMARTS) is 1. The summed E-state index contributed by atoms with van der Waals surface area (Å²) in [7, 11) is 0. The van der Waals surface area contributed by atoms with Crippen molar-refractivity contribution in [3.05, 3.63) is 29.8 Å². The van der Waals surface area contributed by atoms with Crippen LogP contribution in [0.5, 0.6) is 5.75 Å². The fraction of sp³-hybridized carbons (Fsp3) is 0.533.